The Kier molecular flexibility index (Phi) is 3.34. The molecule has 4 heteroatoms. The number of halogens is 1. The van der Waals surface area contributed by atoms with E-state index in [0.29, 0.717) is 11.3 Å². The van der Waals surface area contributed by atoms with Gasteiger partial charge in [-0.05, 0) is 49.4 Å². The predicted octanol–water partition coefficient (Wildman–Crippen LogP) is 3.76. The van der Waals surface area contributed by atoms with Gasteiger partial charge in [-0.1, -0.05) is 6.07 Å². The maximum Gasteiger partial charge on any atom is 0.237 e. The third-order valence-corrected chi connectivity index (χ3v) is 3.40. The van der Waals surface area contributed by atoms with Crippen molar-refractivity contribution >= 4 is 0 Å². The number of aryl methyl sites for hydroxylation is 2. The number of ether oxygens (including phenoxy) is 1. The van der Waals surface area contributed by atoms with Crippen LogP contribution in [0, 0.1) is 17.1 Å². The Morgan fingerprint density at radius 1 is 1.20 bits per heavy atom. The molecule has 20 heavy (non-hydrogen) atoms. The van der Waals surface area contributed by atoms with Crippen molar-refractivity contribution in [3.8, 4) is 17.7 Å². The lowest BCUT2D eigenvalue weighted by Crippen LogP contribution is -2.07. The number of hydrogen-bond donors (Lipinski definition) is 0. The number of hydrogen-bond acceptors (Lipinski definition) is 3. The lowest BCUT2D eigenvalue weighted by atomic mass is 9.95. The maximum atomic E-state index is 13.2. The molecule has 0 amide bonds. The van der Waals surface area contributed by atoms with E-state index in [4.69, 9.17) is 4.74 Å². The zero-order chi connectivity index (χ0) is 13.9. The zero-order valence-electron chi connectivity index (χ0n) is 10.9. The molecule has 1 aliphatic rings. The van der Waals surface area contributed by atoms with Crippen LogP contribution >= 0.6 is 0 Å². The summed E-state index contributed by atoms with van der Waals surface area (Å²) in [5, 5.41) is 9.21. The Morgan fingerprint density at radius 3 is 2.85 bits per heavy atom. The third-order valence-electron chi connectivity index (χ3n) is 3.40. The lowest BCUT2D eigenvalue weighted by Gasteiger charge is -2.16. The van der Waals surface area contributed by atoms with Crippen LogP contribution < -0.4 is 4.74 Å². The van der Waals surface area contributed by atoms with Gasteiger partial charge in [-0.2, -0.15) is 5.26 Å². The highest BCUT2D eigenvalue weighted by Gasteiger charge is 2.16. The second-order valence-corrected chi connectivity index (χ2v) is 4.83. The molecular formula is C16H13FN2O. The molecule has 0 saturated carbocycles. The average molecular weight is 268 g/mol. The molecule has 0 fully saturated rings. The fraction of sp³-hybridized carbons (Fsp3) is 0.250. The normalized spacial score (nSPS) is 13.4. The first-order valence-electron chi connectivity index (χ1n) is 6.62. The van der Waals surface area contributed by atoms with Crippen LogP contribution in [0.5, 0.6) is 11.6 Å². The predicted molar refractivity (Wildman–Crippen MR) is 72.1 cm³/mol. The number of pyridine rings is 1. The van der Waals surface area contributed by atoms with E-state index >= 15 is 0 Å². The molecule has 2 aromatic rings. The van der Waals surface area contributed by atoms with Crippen LogP contribution in [0.25, 0.3) is 0 Å². The summed E-state index contributed by atoms with van der Waals surface area (Å²) in [7, 11) is 0. The van der Waals surface area contributed by atoms with E-state index in [1.807, 2.05) is 6.07 Å². The number of rotatable bonds is 2. The van der Waals surface area contributed by atoms with Crippen LogP contribution in [0.1, 0.15) is 29.7 Å². The van der Waals surface area contributed by atoms with E-state index in [0.717, 1.165) is 36.9 Å². The number of nitrogens with zero attached hydrogens (tertiary/aromatic N) is 2. The van der Waals surface area contributed by atoms with Crippen molar-refractivity contribution in [3.05, 3.63) is 53.0 Å². The summed E-state index contributed by atoms with van der Waals surface area (Å²) < 4.78 is 18.7. The van der Waals surface area contributed by atoms with Crippen LogP contribution in [-0.4, -0.2) is 4.98 Å². The standard InChI is InChI=1S/C16H13FN2O/c17-13-5-3-6-14(9-13)20-16-12(10-18)8-11-4-1-2-7-15(11)19-16/h3,5-6,8-9H,1-2,4,7H2. The average Bonchev–Trinajstić information content (AvgIpc) is 2.46. The van der Waals surface area contributed by atoms with Crippen molar-refractivity contribution < 1.29 is 9.13 Å². The molecule has 0 aliphatic heterocycles. The second-order valence-electron chi connectivity index (χ2n) is 4.83. The molecule has 1 aliphatic carbocycles. The van der Waals surface area contributed by atoms with E-state index in [1.165, 1.54) is 12.1 Å². The van der Waals surface area contributed by atoms with Crippen molar-refractivity contribution in [2.45, 2.75) is 25.7 Å². The summed E-state index contributed by atoms with van der Waals surface area (Å²) in [6.07, 6.45) is 4.09. The molecule has 0 atom stereocenters. The Hall–Kier alpha value is -2.41. The van der Waals surface area contributed by atoms with E-state index in [9.17, 15) is 9.65 Å². The van der Waals surface area contributed by atoms with E-state index in [1.54, 1.807) is 12.1 Å². The molecule has 0 radical (unpaired) electrons. The minimum absolute atomic E-state index is 0.263. The smallest absolute Gasteiger partial charge is 0.237 e. The van der Waals surface area contributed by atoms with Gasteiger partial charge in [-0.3, -0.25) is 0 Å². The van der Waals surface area contributed by atoms with Crippen LogP contribution in [0.15, 0.2) is 30.3 Å². The highest BCUT2D eigenvalue weighted by Crippen LogP contribution is 2.28. The van der Waals surface area contributed by atoms with Gasteiger partial charge < -0.3 is 4.74 Å². The van der Waals surface area contributed by atoms with Crippen molar-refractivity contribution in [2.75, 3.05) is 0 Å². The molecule has 0 unspecified atom stereocenters. The van der Waals surface area contributed by atoms with Gasteiger partial charge in [-0.15, -0.1) is 0 Å². The number of fused-ring (bicyclic) bond motifs is 1. The summed E-state index contributed by atoms with van der Waals surface area (Å²) in [5.41, 5.74) is 2.51. The molecule has 1 heterocycles. The van der Waals surface area contributed by atoms with Crippen LogP contribution in [-0.2, 0) is 12.8 Å². The molecule has 0 spiro atoms. The van der Waals surface area contributed by atoms with Gasteiger partial charge in [0.2, 0.25) is 5.88 Å². The Balaban J connectivity index is 1.98. The summed E-state index contributed by atoms with van der Waals surface area (Å²) in [5.74, 6) is 0.238. The Morgan fingerprint density at radius 2 is 2.05 bits per heavy atom. The number of benzene rings is 1. The molecule has 0 bridgehead atoms. The maximum absolute atomic E-state index is 13.2. The summed E-state index contributed by atoms with van der Waals surface area (Å²) in [4.78, 5) is 4.44. The third kappa shape index (κ3) is 2.48. The summed E-state index contributed by atoms with van der Waals surface area (Å²) in [6, 6.07) is 9.78. The van der Waals surface area contributed by atoms with Gasteiger partial charge >= 0.3 is 0 Å². The minimum atomic E-state index is -0.376. The van der Waals surface area contributed by atoms with Gasteiger partial charge in [0.15, 0.2) is 0 Å². The van der Waals surface area contributed by atoms with Gasteiger partial charge in [-0.25, -0.2) is 9.37 Å². The first kappa shape index (κ1) is 12.6. The zero-order valence-corrected chi connectivity index (χ0v) is 10.9. The van der Waals surface area contributed by atoms with Gasteiger partial charge in [0.25, 0.3) is 0 Å². The fourth-order valence-corrected chi connectivity index (χ4v) is 2.41. The van der Waals surface area contributed by atoms with Crippen LogP contribution in [0.4, 0.5) is 4.39 Å². The molecular weight excluding hydrogens is 255 g/mol. The largest absolute Gasteiger partial charge is 0.438 e. The quantitative estimate of drug-likeness (QED) is 0.833. The van der Waals surface area contributed by atoms with Crippen LogP contribution in [0.3, 0.4) is 0 Å². The first-order valence-corrected chi connectivity index (χ1v) is 6.62. The van der Waals surface area contributed by atoms with Crippen molar-refractivity contribution in [3.63, 3.8) is 0 Å². The molecule has 100 valence electrons. The molecule has 1 aromatic heterocycles. The fourth-order valence-electron chi connectivity index (χ4n) is 2.41. The molecule has 1 aromatic carbocycles. The Bertz CT molecular complexity index is 691. The minimum Gasteiger partial charge on any atom is -0.438 e. The van der Waals surface area contributed by atoms with Crippen molar-refractivity contribution in [1.82, 2.24) is 4.98 Å². The highest BCUT2D eigenvalue weighted by molar-refractivity contribution is 5.45. The van der Waals surface area contributed by atoms with E-state index in [-0.39, 0.29) is 11.7 Å². The topological polar surface area (TPSA) is 45.9 Å². The SMILES string of the molecule is N#Cc1cc2c(nc1Oc1cccc(F)c1)CCCC2. The van der Waals surface area contributed by atoms with Gasteiger partial charge in [0.05, 0.1) is 0 Å². The summed E-state index contributed by atoms with van der Waals surface area (Å²) >= 11 is 0. The molecule has 0 saturated heterocycles. The molecule has 3 rings (SSSR count). The highest BCUT2D eigenvalue weighted by atomic mass is 19.1. The Labute approximate surface area is 116 Å². The number of nitriles is 1. The first-order chi connectivity index (χ1) is 9.76. The van der Waals surface area contributed by atoms with Gasteiger partial charge in [0, 0.05) is 11.8 Å². The molecule has 0 N–H and O–H groups in total. The molecule has 3 nitrogen and oxygen atoms in total. The van der Waals surface area contributed by atoms with Gasteiger partial charge in [0.1, 0.15) is 23.2 Å². The van der Waals surface area contributed by atoms with Crippen molar-refractivity contribution in [2.24, 2.45) is 0 Å². The summed E-state index contributed by atoms with van der Waals surface area (Å²) in [6.45, 7) is 0. The number of aromatic nitrogens is 1. The van der Waals surface area contributed by atoms with E-state index < -0.39 is 0 Å². The van der Waals surface area contributed by atoms with Crippen molar-refractivity contribution in [1.29, 1.82) is 5.26 Å². The van der Waals surface area contributed by atoms with Crippen LogP contribution in [0.2, 0.25) is 0 Å². The van der Waals surface area contributed by atoms with E-state index in [2.05, 4.69) is 11.1 Å². The lowest BCUT2D eigenvalue weighted by molar-refractivity contribution is 0.452. The second kappa shape index (κ2) is 5.30. The monoisotopic (exact) mass is 268 g/mol.